The summed E-state index contributed by atoms with van der Waals surface area (Å²) in [6, 6.07) is 20.5. The van der Waals surface area contributed by atoms with Crippen molar-refractivity contribution in [2.45, 2.75) is 13.0 Å². The van der Waals surface area contributed by atoms with Crippen LogP contribution in [-0.2, 0) is 13.0 Å². The number of aliphatic imine (C=N–C) groups is 1. The summed E-state index contributed by atoms with van der Waals surface area (Å²) in [5, 5.41) is 6.18. The summed E-state index contributed by atoms with van der Waals surface area (Å²) in [6.45, 7) is 1.26. The average molecular weight is 336 g/mol. The maximum Gasteiger partial charge on any atom is 0.188 e. The summed E-state index contributed by atoms with van der Waals surface area (Å²) in [4.78, 5) is 8.97. The minimum atomic E-state index is 0.459. The predicted octanol–water partition coefficient (Wildman–Crippen LogP) is 3.46. The Hall–Kier alpha value is -2.66. The SMILES string of the molecule is NC(=NCc1csc(-c2ccccc2)n1)NCCc1ccccc1. The average Bonchev–Trinajstić information content (AvgIpc) is 3.11. The van der Waals surface area contributed by atoms with Gasteiger partial charge in [0.15, 0.2) is 5.96 Å². The number of benzene rings is 2. The summed E-state index contributed by atoms with van der Waals surface area (Å²) in [7, 11) is 0. The Bertz CT molecular complexity index is 781. The quantitative estimate of drug-likeness (QED) is 0.535. The van der Waals surface area contributed by atoms with Crippen LogP contribution in [-0.4, -0.2) is 17.5 Å². The fourth-order valence-corrected chi connectivity index (χ4v) is 3.11. The van der Waals surface area contributed by atoms with Crippen LogP contribution in [0.3, 0.4) is 0 Å². The van der Waals surface area contributed by atoms with Gasteiger partial charge < -0.3 is 11.1 Å². The molecule has 2 aromatic carbocycles. The second-order valence-electron chi connectivity index (χ2n) is 5.37. The lowest BCUT2D eigenvalue weighted by atomic mass is 10.1. The lowest BCUT2D eigenvalue weighted by molar-refractivity contribution is 0.845. The number of hydrogen-bond donors (Lipinski definition) is 2. The van der Waals surface area contributed by atoms with Crippen molar-refractivity contribution >= 4 is 17.3 Å². The van der Waals surface area contributed by atoms with Crippen LogP contribution in [0.4, 0.5) is 0 Å². The number of guanidine groups is 1. The highest BCUT2D eigenvalue weighted by atomic mass is 32.1. The van der Waals surface area contributed by atoms with Gasteiger partial charge in [0.05, 0.1) is 12.2 Å². The molecule has 3 N–H and O–H groups in total. The maximum atomic E-state index is 5.92. The molecule has 0 fully saturated rings. The summed E-state index contributed by atoms with van der Waals surface area (Å²) >= 11 is 1.63. The molecular formula is C19H20N4S. The number of nitrogens with one attached hydrogen (secondary N) is 1. The van der Waals surface area contributed by atoms with E-state index in [9.17, 15) is 0 Å². The van der Waals surface area contributed by atoms with E-state index in [1.807, 2.05) is 41.8 Å². The molecule has 0 saturated heterocycles. The smallest absolute Gasteiger partial charge is 0.188 e. The zero-order valence-electron chi connectivity index (χ0n) is 13.4. The van der Waals surface area contributed by atoms with E-state index in [1.165, 1.54) is 5.56 Å². The lowest BCUT2D eigenvalue weighted by Gasteiger charge is -2.05. The third kappa shape index (κ3) is 4.67. The van der Waals surface area contributed by atoms with Gasteiger partial charge in [-0.2, -0.15) is 0 Å². The van der Waals surface area contributed by atoms with Crippen molar-refractivity contribution in [1.29, 1.82) is 0 Å². The van der Waals surface area contributed by atoms with Gasteiger partial charge in [0.1, 0.15) is 5.01 Å². The van der Waals surface area contributed by atoms with E-state index in [0.717, 1.165) is 29.2 Å². The van der Waals surface area contributed by atoms with Crippen LogP contribution in [0.2, 0.25) is 0 Å². The van der Waals surface area contributed by atoms with Gasteiger partial charge in [0.25, 0.3) is 0 Å². The number of rotatable bonds is 6. The van der Waals surface area contributed by atoms with Crippen molar-refractivity contribution in [3.63, 3.8) is 0 Å². The molecule has 1 aromatic heterocycles. The first-order valence-electron chi connectivity index (χ1n) is 7.89. The third-order valence-electron chi connectivity index (χ3n) is 3.55. The molecular weight excluding hydrogens is 316 g/mol. The standard InChI is InChI=1S/C19H20N4S/c20-19(21-12-11-15-7-3-1-4-8-15)22-13-17-14-24-18(23-17)16-9-5-2-6-10-16/h1-10,14H,11-13H2,(H3,20,21,22). The van der Waals surface area contributed by atoms with Crippen molar-refractivity contribution in [1.82, 2.24) is 10.3 Å². The van der Waals surface area contributed by atoms with Crippen LogP contribution in [0, 0.1) is 0 Å². The normalized spacial score (nSPS) is 11.4. The molecule has 0 aliphatic heterocycles. The van der Waals surface area contributed by atoms with E-state index >= 15 is 0 Å². The Kier molecular flexibility index (Phi) is 5.58. The minimum absolute atomic E-state index is 0.459. The second kappa shape index (κ2) is 8.26. The van der Waals surface area contributed by atoms with Crippen LogP contribution < -0.4 is 11.1 Å². The van der Waals surface area contributed by atoms with Crippen LogP contribution in [0.5, 0.6) is 0 Å². The summed E-state index contributed by atoms with van der Waals surface area (Å²) in [6.07, 6.45) is 0.923. The van der Waals surface area contributed by atoms with E-state index in [0.29, 0.717) is 12.5 Å². The molecule has 0 saturated carbocycles. The first-order valence-corrected chi connectivity index (χ1v) is 8.77. The summed E-state index contributed by atoms with van der Waals surface area (Å²) in [5.74, 6) is 0.459. The van der Waals surface area contributed by atoms with Gasteiger partial charge in [-0.1, -0.05) is 60.7 Å². The monoisotopic (exact) mass is 336 g/mol. The Morgan fingerprint density at radius 2 is 1.75 bits per heavy atom. The molecule has 3 aromatic rings. The van der Waals surface area contributed by atoms with E-state index < -0.39 is 0 Å². The summed E-state index contributed by atoms with van der Waals surface area (Å²) < 4.78 is 0. The maximum absolute atomic E-state index is 5.92. The molecule has 3 rings (SSSR count). The van der Waals surface area contributed by atoms with Gasteiger partial charge in [0.2, 0.25) is 0 Å². The fraction of sp³-hybridized carbons (Fsp3) is 0.158. The van der Waals surface area contributed by atoms with Gasteiger partial charge >= 0.3 is 0 Å². The highest BCUT2D eigenvalue weighted by Gasteiger charge is 2.03. The Morgan fingerprint density at radius 3 is 2.50 bits per heavy atom. The molecule has 0 unspecified atom stereocenters. The number of nitrogens with zero attached hydrogens (tertiary/aromatic N) is 2. The van der Waals surface area contributed by atoms with E-state index in [-0.39, 0.29) is 0 Å². The first kappa shape index (κ1) is 16.2. The molecule has 0 radical (unpaired) electrons. The molecule has 4 nitrogen and oxygen atoms in total. The van der Waals surface area contributed by atoms with Crippen molar-refractivity contribution in [2.75, 3.05) is 6.54 Å². The number of nitrogens with two attached hydrogens (primary N) is 1. The number of aromatic nitrogens is 1. The molecule has 24 heavy (non-hydrogen) atoms. The lowest BCUT2D eigenvalue weighted by Crippen LogP contribution is -2.33. The Balaban J connectivity index is 1.49. The third-order valence-corrected chi connectivity index (χ3v) is 4.49. The van der Waals surface area contributed by atoms with Crippen molar-refractivity contribution in [3.05, 3.63) is 77.3 Å². The topological polar surface area (TPSA) is 63.3 Å². The van der Waals surface area contributed by atoms with Gasteiger partial charge in [0, 0.05) is 17.5 Å². The fourth-order valence-electron chi connectivity index (χ4n) is 2.29. The van der Waals surface area contributed by atoms with Gasteiger partial charge in [-0.05, 0) is 12.0 Å². The molecule has 0 amide bonds. The zero-order valence-corrected chi connectivity index (χ0v) is 14.2. The molecule has 1 heterocycles. The van der Waals surface area contributed by atoms with E-state index in [2.05, 4.69) is 39.6 Å². The van der Waals surface area contributed by atoms with Crippen LogP contribution in [0.25, 0.3) is 10.6 Å². The Morgan fingerprint density at radius 1 is 1.04 bits per heavy atom. The van der Waals surface area contributed by atoms with Crippen LogP contribution in [0.15, 0.2) is 71.0 Å². The van der Waals surface area contributed by atoms with Gasteiger partial charge in [-0.25, -0.2) is 9.98 Å². The van der Waals surface area contributed by atoms with Crippen molar-refractivity contribution in [2.24, 2.45) is 10.7 Å². The number of hydrogen-bond acceptors (Lipinski definition) is 3. The molecule has 0 aliphatic rings. The van der Waals surface area contributed by atoms with Gasteiger partial charge in [-0.3, -0.25) is 0 Å². The molecule has 5 heteroatoms. The highest BCUT2D eigenvalue weighted by molar-refractivity contribution is 7.13. The zero-order chi connectivity index (χ0) is 16.6. The highest BCUT2D eigenvalue weighted by Crippen LogP contribution is 2.23. The van der Waals surface area contributed by atoms with Crippen LogP contribution in [0.1, 0.15) is 11.3 Å². The van der Waals surface area contributed by atoms with Gasteiger partial charge in [-0.15, -0.1) is 11.3 Å². The second-order valence-corrected chi connectivity index (χ2v) is 6.23. The molecule has 0 bridgehead atoms. The van der Waals surface area contributed by atoms with E-state index in [1.54, 1.807) is 11.3 Å². The largest absolute Gasteiger partial charge is 0.370 e. The minimum Gasteiger partial charge on any atom is -0.370 e. The van der Waals surface area contributed by atoms with Crippen LogP contribution >= 0.6 is 11.3 Å². The van der Waals surface area contributed by atoms with Crippen molar-refractivity contribution < 1.29 is 0 Å². The molecule has 0 atom stereocenters. The summed E-state index contributed by atoms with van der Waals surface area (Å²) in [5.41, 5.74) is 9.27. The van der Waals surface area contributed by atoms with Crippen molar-refractivity contribution in [3.8, 4) is 10.6 Å². The number of thiazole rings is 1. The molecule has 122 valence electrons. The van der Waals surface area contributed by atoms with E-state index in [4.69, 9.17) is 5.73 Å². The Labute approximate surface area is 146 Å². The first-order chi connectivity index (χ1) is 11.8. The molecule has 0 spiro atoms. The predicted molar refractivity (Wildman–Crippen MR) is 101 cm³/mol. The molecule has 0 aliphatic carbocycles.